The molecule has 2 aromatic heterocycles. The van der Waals surface area contributed by atoms with Gasteiger partial charge in [0.25, 0.3) is 0 Å². The summed E-state index contributed by atoms with van der Waals surface area (Å²) in [6, 6.07) is 4.68. The number of halogens is 2. The van der Waals surface area contributed by atoms with Crippen LogP contribution < -0.4 is 4.74 Å². The van der Waals surface area contributed by atoms with Gasteiger partial charge in [-0.3, -0.25) is 0 Å². The van der Waals surface area contributed by atoms with Gasteiger partial charge in [-0.25, -0.2) is 24.3 Å². The van der Waals surface area contributed by atoms with Gasteiger partial charge in [0.1, 0.15) is 0 Å². The molecule has 0 saturated heterocycles. The molecule has 0 spiro atoms. The van der Waals surface area contributed by atoms with Crippen LogP contribution in [0.5, 0.6) is 5.75 Å². The highest BCUT2D eigenvalue weighted by molar-refractivity contribution is 5.44. The molecule has 0 radical (unpaired) electrons. The molecule has 5 rings (SSSR count). The van der Waals surface area contributed by atoms with Crippen LogP contribution in [0.3, 0.4) is 0 Å². The lowest BCUT2D eigenvalue weighted by molar-refractivity contribution is 0.198. The zero-order chi connectivity index (χ0) is 19.8. The zero-order valence-electron chi connectivity index (χ0n) is 15.8. The van der Waals surface area contributed by atoms with Crippen LogP contribution in [0.1, 0.15) is 55.1 Å². The maximum atomic E-state index is 14.2. The number of ether oxygens (including phenoxy) is 1. The Kier molecular flexibility index (Phi) is 4.66. The van der Waals surface area contributed by atoms with E-state index in [2.05, 4.69) is 19.9 Å². The predicted molar refractivity (Wildman–Crippen MR) is 102 cm³/mol. The lowest BCUT2D eigenvalue weighted by Crippen LogP contribution is -2.12. The van der Waals surface area contributed by atoms with Gasteiger partial charge in [0.05, 0.1) is 6.10 Å². The summed E-state index contributed by atoms with van der Waals surface area (Å²) in [7, 11) is 0. The quantitative estimate of drug-likeness (QED) is 0.622. The molecule has 0 aliphatic heterocycles. The predicted octanol–water partition coefficient (Wildman–Crippen LogP) is 4.80. The summed E-state index contributed by atoms with van der Waals surface area (Å²) in [4.78, 5) is 17.0. The Labute approximate surface area is 167 Å². The minimum atomic E-state index is -0.895. The van der Waals surface area contributed by atoms with Crippen LogP contribution in [0.4, 0.5) is 8.78 Å². The highest BCUT2D eigenvalue weighted by Crippen LogP contribution is 2.55. The molecule has 2 fully saturated rings. The van der Waals surface area contributed by atoms with Crippen LogP contribution in [0, 0.1) is 11.6 Å². The number of aromatic nitrogens is 4. The van der Waals surface area contributed by atoms with Gasteiger partial charge in [0, 0.05) is 24.8 Å². The molecule has 148 valence electrons. The van der Waals surface area contributed by atoms with E-state index in [1.165, 1.54) is 6.07 Å². The van der Waals surface area contributed by atoms with Crippen LogP contribution in [-0.4, -0.2) is 26.0 Å². The third-order valence-electron chi connectivity index (χ3n) is 5.70. The molecule has 3 aromatic rings. The molecule has 0 N–H and O–H groups in total. The minimum Gasteiger partial charge on any atom is -0.487 e. The molecule has 0 unspecified atom stereocenters. The summed E-state index contributed by atoms with van der Waals surface area (Å²) >= 11 is 0. The number of hydrogen-bond donors (Lipinski definition) is 0. The Morgan fingerprint density at radius 3 is 2.21 bits per heavy atom. The second-order valence-corrected chi connectivity index (χ2v) is 7.70. The molecule has 2 aliphatic carbocycles. The number of hydrogen-bond acceptors (Lipinski definition) is 5. The van der Waals surface area contributed by atoms with Crippen LogP contribution in [-0.2, 0) is 0 Å². The summed E-state index contributed by atoms with van der Waals surface area (Å²) in [6.07, 6.45) is 11.6. The van der Waals surface area contributed by atoms with Crippen molar-refractivity contribution in [3.63, 3.8) is 0 Å². The SMILES string of the molecule is Fc1cc([C@H]2C[C@H]2c2cnc(-c3ncccn3)nc2)cc(OC2CCCC2)c1F. The van der Waals surface area contributed by atoms with Gasteiger partial charge in [-0.1, -0.05) is 0 Å². The average molecular weight is 394 g/mol. The number of benzene rings is 1. The second kappa shape index (κ2) is 7.46. The minimum absolute atomic E-state index is 0.0182. The van der Waals surface area contributed by atoms with Gasteiger partial charge < -0.3 is 4.74 Å². The Balaban J connectivity index is 1.33. The summed E-state index contributed by atoms with van der Waals surface area (Å²) in [6.45, 7) is 0. The van der Waals surface area contributed by atoms with E-state index in [1.807, 2.05) is 0 Å². The lowest BCUT2D eigenvalue weighted by Gasteiger charge is -2.15. The summed E-state index contributed by atoms with van der Waals surface area (Å²) in [5.74, 6) is -0.483. The summed E-state index contributed by atoms with van der Waals surface area (Å²) < 4.78 is 34.1. The number of nitrogens with zero attached hydrogens (tertiary/aromatic N) is 4. The van der Waals surface area contributed by atoms with Gasteiger partial charge in [0.2, 0.25) is 5.82 Å². The molecule has 2 aliphatic rings. The smallest absolute Gasteiger partial charge is 0.200 e. The van der Waals surface area contributed by atoms with Crippen LogP contribution in [0.2, 0.25) is 0 Å². The van der Waals surface area contributed by atoms with Gasteiger partial charge in [-0.15, -0.1) is 0 Å². The van der Waals surface area contributed by atoms with Crippen molar-refractivity contribution < 1.29 is 13.5 Å². The Morgan fingerprint density at radius 2 is 1.48 bits per heavy atom. The van der Waals surface area contributed by atoms with Crippen molar-refractivity contribution in [1.29, 1.82) is 0 Å². The Morgan fingerprint density at radius 1 is 0.828 bits per heavy atom. The Hall–Kier alpha value is -2.96. The van der Waals surface area contributed by atoms with Gasteiger partial charge >= 0.3 is 0 Å². The number of rotatable bonds is 5. The van der Waals surface area contributed by atoms with E-state index < -0.39 is 11.6 Å². The fraction of sp³-hybridized carbons (Fsp3) is 0.364. The van der Waals surface area contributed by atoms with Crippen LogP contribution >= 0.6 is 0 Å². The van der Waals surface area contributed by atoms with Crippen molar-refractivity contribution in [2.75, 3.05) is 0 Å². The van der Waals surface area contributed by atoms with Crippen LogP contribution in [0.25, 0.3) is 11.6 Å². The largest absolute Gasteiger partial charge is 0.487 e. The Bertz CT molecular complexity index is 1010. The molecular weight excluding hydrogens is 374 g/mol. The second-order valence-electron chi connectivity index (χ2n) is 7.70. The molecule has 1 aromatic carbocycles. The van der Waals surface area contributed by atoms with Crippen LogP contribution in [0.15, 0.2) is 43.0 Å². The molecule has 0 amide bonds. The average Bonchev–Trinajstić information content (AvgIpc) is 3.40. The van der Waals surface area contributed by atoms with E-state index in [9.17, 15) is 8.78 Å². The van der Waals surface area contributed by atoms with Crippen molar-refractivity contribution in [1.82, 2.24) is 19.9 Å². The van der Waals surface area contributed by atoms with Crippen molar-refractivity contribution in [3.05, 3.63) is 65.7 Å². The van der Waals surface area contributed by atoms with E-state index in [0.717, 1.165) is 43.2 Å². The standard InChI is InChI=1S/C22H20F2N4O/c23-18-8-13(9-19(20(18)24)29-15-4-1-2-5-15)16-10-17(16)14-11-27-22(28-12-14)21-25-6-3-7-26-21/h3,6-9,11-12,15-17H,1-2,4-5,10H2/t16-,17+/m1/s1. The maximum absolute atomic E-state index is 14.2. The van der Waals surface area contributed by atoms with E-state index in [0.29, 0.717) is 11.6 Å². The fourth-order valence-corrected chi connectivity index (χ4v) is 4.06. The third-order valence-corrected chi connectivity index (χ3v) is 5.70. The van der Waals surface area contributed by atoms with Crippen molar-refractivity contribution in [2.45, 2.75) is 50.0 Å². The van der Waals surface area contributed by atoms with Crippen molar-refractivity contribution in [2.24, 2.45) is 0 Å². The molecule has 5 nitrogen and oxygen atoms in total. The normalized spacial score (nSPS) is 21.3. The first kappa shape index (κ1) is 18.1. The molecule has 29 heavy (non-hydrogen) atoms. The topological polar surface area (TPSA) is 60.8 Å². The van der Waals surface area contributed by atoms with Gasteiger partial charge in [-0.2, -0.15) is 4.39 Å². The molecule has 2 heterocycles. The third kappa shape index (κ3) is 3.69. The molecule has 2 atom stereocenters. The molecule has 7 heteroatoms. The molecule has 2 saturated carbocycles. The monoisotopic (exact) mass is 394 g/mol. The molecular formula is C22H20F2N4O. The highest BCUT2D eigenvalue weighted by atomic mass is 19.2. The highest BCUT2D eigenvalue weighted by Gasteiger charge is 2.41. The molecule has 0 bridgehead atoms. The summed E-state index contributed by atoms with van der Waals surface area (Å²) in [5.41, 5.74) is 1.73. The first-order chi connectivity index (χ1) is 14.2. The van der Waals surface area contributed by atoms with E-state index in [1.54, 1.807) is 36.9 Å². The van der Waals surface area contributed by atoms with Crippen molar-refractivity contribution >= 4 is 0 Å². The van der Waals surface area contributed by atoms with Gasteiger partial charge in [0.15, 0.2) is 23.2 Å². The van der Waals surface area contributed by atoms with Gasteiger partial charge in [-0.05, 0) is 73.3 Å². The van der Waals surface area contributed by atoms with Crippen molar-refractivity contribution in [3.8, 4) is 17.4 Å². The first-order valence-electron chi connectivity index (χ1n) is 9.94. The fourth-order valence-electron chi connectivity index (χ4n) is 4.06. The van der Waals surface area contributed by atoms with E-state index in [4.69, 9.17) is 4.74 Å². The van der Waals surface area contributed by atoms with E-state index >= 15 is 0 Å². The van der Waals surface area contributed by atoms with E-state index in [-0.39, 0.29) is 23.7 Å². The summed E-state index contributed by atoms with van der Waals surface area (Å²) in [5, 5.41) is 0. The zero-order valence-corrected chi connectivity index (χ0v) is 15.8. The first-order valence-corrected chi connectivity index (χ1v) is 9.94. The lowest BCUT2D eigenvalue weighted by atomic mass is 10.1. The maximum Gasteiger partial charge on any atom is 0.200 e.